The van der Waals surface area contributed by atoms with E-state index in [0.717, 1.165) is 38.2 Å². The third-order valence-corrected chi connectivity index (χ3v) is 5.42. The molecular weight excluding hydrogens is 300 g/mol. The first-order valence-electron chi connectivity index (χ1n) is 10.1. The maximum absolute atomic E-state index is 10.6. The third kappa shape index (κ3) is 6.60. The smallest absolute Gasteiger partial charge is 0.191 e. The molecule has 0 amide bonds. The van der Waals surface area contributed by atoms with E-state index >= 15 is 0 Å². The van der Waals surface area contributed by atoms with Gasteiger partial charge in [-0.25, -0.2) is 0 Å². The van der Waals surface area contributed by atoms with Crippen molar-refractivity contribution in [2.45, 2.75) is 83.3 Å². The second-order valence-corrected chi connectivity index (χ2v) is 7.59. The molecule has 0 aromatic rings. The van der Waals surface area contributed by atoms with Gasteiger partial charge in [0.25, 0.3) is 0 Å². The first kappa shape index (κ1) is 19.5. The summed E-state index contributed by atoms with van der Waals surface area (Å²) in [6, 6.07) is 0.502. The van der Waals surface area contributed by atoms with Gasteiger partial charge in [-0.05, 0) is 45.6 Å². The molecule has 0 atom stereocenters. The number of guanidine groups is 1. The second-order valence-electron chi connectivity index (χ2n) is 7.59. The normalized spacial score (nSPS) is 23.2. The average molecular weight is 339 g/mol. The Labute approximate surface area is 148 Å². The monoisotopic (exact) mass is 338 g/mol. The zero-order valence-corrected chi connectivity index (χ0v) is 15.8. The van der Waals surface area contributed by atoms with Crippen LogP contribution in [0.5, 0.6) is 0 Å². The van der Waals surface area contributed by atoms with Crippen molar-refractivity contribution in [3.05, 3.63) is 0 Å². The van der Waals surface area contributed by atoms with Gasteiger partial charge in [0.2, 0.25) is 0 Å². The lowest BCUT2D eigenvalue weighted by atomic mass is 9.85. The molecule has 5 nitrogen and oxygen atoms in total. The highest BCUT2D eigenvalue weighted by atomic mass is 16.3. The number of piperidine rings is 1. The highest BCUT2D eigenvalue weighted by molar-refractivity contribution is 5.80. The Hall–Kier alpha value is -0.810. The summed E-state index contributed by atoms with van der Waals surface area (Å²) < 4.78 is 0. The molecule has 2 fully saturated rings. The number of nitrogens with one attached hydrogen (secondary N) is 2. The van der Waals surface area contributed by atoms with Crippen LogP contribution in [0.4, 0.5) is 0 Å². The predicted molar refractivity (Wildman–Crippen MR) is 102 cm³/mol. The lowest BCUT2D eigenvalue weighted by Gasteiger charge is -2.33. The van der Waals surface area contributed by atoms with Gasteiger partial charge in [-0.2, -0.15) is 0 Å². The molecule has 0 unspecified atom stereocenters. The minimum Gasteiger partial charge on any atom is -0.388 e. The molecule has 1 heterocycles. The molecule has 0 aromatic carbocycles. The summed E-state index contributed by atoms with van der Waals surface area (Å²) in [6.07, 6.45) is 10.2. The molecule has 2 aliphatic rings. The van der Waals surface area contributed by atoms with Crippen LogP contribution in [-0.2, 0) is 0 Å². The zero-order chi connectivity index (χ0) is 17.3. The molecule has 140 valence electrons. The van der Waals surface area contributed by atoms with Crippen LogP contribution in [0.3, 0.4) is 0 Å². The van der Waals surface area contributed by atoms with Crippen molar-refractivity contribution < 1.29 is 5.11 Å². The molecule has 1 aliphatic carbocycles. The minimum absolute atomic E-state index is 0.502. The Balaban J connectivity index is 1.79. The molecule has 0 aromatic heterocycles. The molecule has 1 aliphatic heterocycles. The summed E-state index contributed by atoms with van der Waals surface area (Å²) in [5.41, 5.74) is -0.579. The van der Waals surface area contributed by atoms with Crippen molar-refractivity contribution in [2.24, 2.45) is 4.99 Å². The van der Waals surface area contributed by atoms with E-state index in [1.54, 1.807) is 0 Å². The lowest BCUT2D eigenvalue weighted by molar-refractivity contribution is 0.0131. The van der Waals surface area contributed by atoms with Crippen molar-refractivity contribution in [3.63, 3.8) is 0 Å². The fourth-order valence-electron chi connectivity index (χ4n) is 3.79. The summed E-state index contributed by atoms with van der Waals surface area (Å²) in [6.45, 7) is 9.34. The van der Waals surface area contributed by atoms with Gasteiger partial charge >= 0.3 is 0 Å². The fraction of sp³-hybridized carbons (Fsp3) is 0.947. The molecule has 0 spiro atoms. The summed E-state index contributed by atoms with van der Waals surface area (Å²) in [5, 5.41) is 17.6. The molecule has 0 bridgehead atoms. The number of aliphatic hydroxyl groups is 1. The van der Waals surface area contributed by atoms with Crippen LogP contribution in [0.2, 0.25) is 0 Å². The predicted octanol–water partition coefficient (Wildman–Crippen LogP) is 2.50. The van der Waals surface area contributed by atoms with E-state index in [1.807, 2.05) is 0 Å². The summed E-state index contributed by atoms with van der Waals surface area (Å²) in [7, 11) is 0. The van der Waals surface area contributed by atoms with Gasteiger partial charge in [0, 0.05) is 25.7 Å². The molecule has 5 heteroatoms. The van der Waals surface area contributed by atoms with E-state index in [9.17, 15) is 5.11 Å². The lowest BCUT2D eigenvalue weighted by Crippen LogP contribution is -2.49. The summed E-state index contributed by atoms with van der Waals surface area (Å²) in [5.74, 6) is 0.878. The zero-order valence-electron chi connectivity index (χ0n) is 15.8. The van der Waals surface area contributed by atoms with Gasteiger partial charge in [0.1, 0.15) is 0 Å². The Kier molecular flexibility index (Phi) is 8.33. The van der Waals surface area contributed by atoms with Gasteiger partial charge in [0.05, 0.1) is 12.1 Å². The van der Waals surface area contributed by atoms with Crippen molar-refractivity contribution >= 4 is 5.96 Å². The number of hydrogen-bond donors (Lipinski definition) is 3. The van der Waals surface area contributed by atoms with Gasteiger partial charge < -0.3 is 20.6 Å². The van der Waals surface area contributed by atoms with Crippen molar-refractivity contribution in [1.29, 1.82) is 0 Å². The maximum Gasteiger partial charge on any atom is 0.191 e. The Morgan fingerprint density at radius 1 is 1.17 bits per heavy atom. The van der Waals surface area contributed by atoms with E-state index in [0.29, 0.717) is 12.6 Å². The van der Waals surface area contributed by atoms with Gasteiger partial charge in [0.15, 0.2) is 5.96 Å². The van der Waals surface area contributed by atoms with Crippen LogP contribution < -0.4 is 10.6 Å². The highest BCUT2D eigenvalue weighted by Crippen LogP contribution is 2.28. The Bertz CT molecular complexity index is 372. The van der Waals surface area contributed by atoms with Gasteiger partial charge in [-0.1, -0.05) is 32.6 Å². The maximum atomic E-state index is 10.6. The van der Waals surface area contributed by atoms with Crippen LogP contribution in [0.15, 0.2) is 4.99 Å². The topological polar surface area (TPSA) is 59.9 Å². The van der Waals surface area contributed by atoms with Crippen LogP contribution in [-0.4, -0.2) is 60.3 Å². The van der Waals surface area contributed by atoms with Crippen LogP contribution in [0, 0.1) is 0 Å². The number of rotatable bonds is 7. The van der Waals surface area contributed by atoms with Crippen molar-refractivity contribution in [1.82, 2.24) is 15.5 Å². The molecule has 1 saturated heterocycles. The van der Waals surface area contributed by atoms with Gasteiger partial charge in [-0.3, -0.25) is 4.99 Å². The molecular formula is C19H38N4O. The van der Waals surface area contributed by atoms with E-state index in [2.05, 4.69) is 29.4 Å². The minimum atomic E-state index is -0.579. The Morgan fingerprint density at radius 2 is 1.88 bits per heavy atom. The van der Waals surface area contributed by atoms with Crippen molar-refractivity contribution in [3.8, 4) is 0 Å². The number of nitrogens with zero attached hydrogens (tertiary/aromatic N) is 2. The largest absolute Gasteiger partial charge is 0.388 e. The number of aliphatic imine (C=N–C) groups is 1. The molecule has 0 radical (unpaired) electrons. The SMILES string of the molecule is CCCCN1CCC(NC(=NCC2(O)CCCCC2)NCC)CC1. The van der Waals surface area contributed by atoms with Crippen LogP contribution in [0.25, 0.3) is 0 Å². The van der Waals surface area contributed by atoms with E-state index < -0.39 is 5.60 Å². The highest BCUT2D eigenvalue weighted by Gasteiger charge is 2.29. The van der Waals surface area contributed by atoms with E-state index in [1.165, 1.54) is 51.7 Å². The van der Waals surface area contributed by atoms with Crippen LogP contribution >= 0.6 is 0 Å². The second kappa shape index (κ2) is 10.2. The average Bonchev–Trinajstić information content (AvgIpc) is 2.60. The number of hydrogen-bond acceptors (Lipinski definition) is 3. The number of unbranched alkanes of at least 4 members (excludes halogenated alkanes) is 1. The Morgan fingerprint density at radius 3 is 2.50 bits per heavy atom. The molecule has 1 saturated carbocycles. The first-order chi connectivity index (χ1) is 11.6. The summed E-state index contributed by atoms with van der Waals surface area (Å²) >= 11 is 0. The number of likely N-dealkylation sites (tertiary alicyclic amines) is 1. The van der Waals surface area contributed by atoms with E-state index in [4.69, 9.17) is 4.99 Å². The summed E-state index contributed by atoms with van der Waals surface area (Å²) in [4.78, 5) is 7.28. The molecule has 2 rings (SSSR count). The van der Waals surface area contributed by atoms with Gasteiger partial charge in [-0.15, -0.1) is 0 Å². The van der Waals surface area contributed by atoms with Crippen molar-refractivity contribution in [2.75, 3.05) is 32.7 Å². The van der Waals surface area contributed by atoms with E-state index in [-0.39, 0.29) is 0 Å². The fourth-order valence-corrected chi connectivity index (χ4v) is 3.79. The molecule has 3 N–H and O–H groups in total. The first-order valence-corrected chi connectivity index (χ1v) is 10.1. The van der Waals surface area contributed by atoms with Crippen LogP contribution in [0.1, 0.15) is 71.6 Å². The quantitative estimate of drug-likeness (QED) is 0.493. The third-order valence-electron chi connectivity index (χ3n) is 5.42. The molecule has 24 heavy (non-hydrogen) atoms. The standard InChI is InChI=1S/C19H38N4O/c1-3-5-13-23-14-9-17(10-15-23)22-18(20-4-2)21-16-19(24)11-7-6-8-12-19/h17,24H,3-16H2,1-2H3,(H2,20,21,22).